The van der Waals surface area contributed by atoms with Crippen molar-refractivity contribution in [2.24, 2.45) is 0 Å². The monoisotopic (exact) mass is 472 g/mol. The molecule has 0 saturated carbocycles. The zero-order valence-corrected chi connectivity index (χ0v) is 23.1. The molecule has 180 valence electrons. The van der Waals surface area contributed by atoms with Crippen molar-refractivity contribution in [3.05, 3.63) is 60.7 Å². The third-order valence-electron chi connectivity index (χ3n) is 6.90. The Kier molecular flexibility index (Phi) is 15.3. The van der Waals surface area contributed by atoms with Gasteiger partial charge in [-0.1, -0.05) is 13.3 Å². The van der Waals surface area contributed by atoms with Crippen LogP contribution < -0.4 is 10.6 Å². The van der Waals surface area contributed by atoms with Crippen LogP contribution >= 0.6 is 15.2 Å². The second-order valence-electron chi connectivity index (χ2n) is 9.56. The van der Waals surface area contributed by atoms with E-state index in [0.717, 1.165) is 8.27 Å². The molecule has 0 aliphatic rings. The van der Waals surface area contributed by atoms with Crippen molar-refractivity contribution in [3.63, 3.8) is 0 Å². The molecule has 1 unspecified atom stereocenters. The molecule has 2 aromatic carbocycles. The van der Waals surface area contributed by atoms with E-state index in [1.807, 2.05) is 0 Å². The molecule has 0 bridgehead atoms. The van der Waals surface area contributed by atoms with Gasteiger partial charge in [-0.3, -0.25) is 0 Å². The first-order valence-corrected chi connectivity index (χ1v) is 18.1. The third-order valence-corrected chi connectivity index (χ3v) is 16.9. The standard InChI is InChI=1S/C30H50P2/c1-3-5-7-8-9-10-11-12-13-14-15-22-28-32(31-27-6-4-2,29-23-18-16-19-24-29)30-25-20-17-21-26-30/h16-21,23-26,31-32H,3-15,22,27-28H2,1-2H3. The fourth-order valence-electron chi connectivity index (χ4n) is 4.90. The molecule has 1 atom stereocenters. The minimum absolute atomic E-state index is 1.11. The fourth-order valence-corrected chi connectivity index (χ4v) is 14.8. The van der Waals surface area contributed by atoms with Crippen LogP contribution in [0.15, 0.2) is 60.7 Å². The van der Waals surface area contributed by atoms with Crippen molar-refractivity contribution >= 4 is 25.8 Å². The van der Waals surface area contributed by atoms with Crippen molar-refractivity contribution in [1.29, 1.82) is 0 Å². The van der Waals surface area contributed by atoms with Gasteiger partial charge in [-0.2, -0.15) is 0 Å². The molecule has 0 heterocycles. The number of benzene rings is 2. The molecule has 0 fully saturated rings. The Morgan fingerprint density at radius 2 is 0.906 bits per heavy atom. The molecule has 2 heteroatoms. The van der Waals surface area contributed by atoms with Crippen molar-refractivity contribution < 1.29 is 0 Å². The molecule has 0 amide bonds. The maximum atomic E-state index is 2.44. The predicted octanol–water partition coefficient (Wildman–Crippen LogP) is 9.48. The summed E-state index contributed by atoms with van der Waals surface area (Å²) in [6, 6.07) is 23.2. The fraction of sp³-hybridized carbons (Fsp3) is 0.600. The van der Waals surface area contributed by atoms with Gasteiger partial charge in [-0.25, -0.2) is 0 Å². The second-order valence-corrected chi connectivity index (χ2v) is 17.5. The van der Waals surface area contributed by atoms with E-state index in [4.69, 9.17) is 0 Å². The van der Waals surface area contributed by atoms with Crippen LogP contribution in [0.1, 0.15) is 104 Å². The van der Waals surface area contributed by atoms with Crippen LogP contribution in [0.4, 0.5) is 0 Å². The Morgan fingerprint density at radius 1 is 0.500 bits per heavy atom. The number of hydrogen-bond acceptors (Lipinski definition) is 0. The minimum atomic E-state index is -1.65. The molecule has 32 heavy (non-hydrogen) atoms. The summed E-state index contributed by atoms with van der Waals surface area (Å²) in [5.74, 6) is 0. The van der Waals surface area contributed by atoms with Gasteiger partial charge in [0, 0.05) is 0 Å². The van der Waals surface area contributed by atoms with E-state index in [0.29, 0.717) is 0 Å². The molecule has 0 spiro atoms. The van der Waals surface area contributed by atoms with Gasteiger partial charge in [0.05, 0.1) is 0 Å². The summed E-state index contributed by atoms with van der Waals surface area (Å²) in [7, 11) is 1.11. The molecule has 0 nitrogen and oxygen atoms in total. The number of hydrogen-bond donors (Lipinski definition) is 0. The SMILES string of the molecule is CCCCCCCCCCCCCC[PH](PCCCC)(c1ccccc1)c1ccccc1. The van der Waals surface area contributed by atoms with Crippen LogP contribution in [-0.4, -0.2) is 12.3 Å². The summed E-state index contributed by atoms with van der Waals surface area (Å²) < 4.78 is 0. The van der Waals surface area contributed by atoms with Crippen molar-refractivity contribution in [2.75, 3.05) is 12.3 Å². The molecule has 0 radical (unpaired) electrons. The first-order valence-electron chi connectivity index (χ1n) is 13.7. The number of unbranched alkanes of at least 4 members (excludes halogenated alkanes) is 12. The van der Waals surface area contributed by atoms with E-state index in [1.54, 1.807) is 10.6 Å². The summed E-state index contributed by atoms with van der Waals surface area (Å²) in [5, 5.41) is 3.34. The van der Waals surface area contributed by atoms with Crippen LogP contribution in [0, 0.1) is 0 Å². The summed E-state index contributed by atoms with van der Waals surface area (Å²) in [6.07, 6.45) is 22.8. The zero-order valence-electron chi connectivity index (χ0n) is 21.1. The maximum absolute atomic E-state index is 2.44. The Hall–Kier alpha value is -0.700. The van der Waals surface area contributed by atoms with Crippen LogP contribution in [0.3, 0.4) is 0 Å². The average Bonchev–Trinajstić information content (AvgIpc) is 2.85. The van der Waals surface area contributed by atoms with Gasteiger partial charge in [0.1, 0.15) is 0 Å². The van der Waals surface area contributed by atoms with E-state index >= 15 is 0 Å². The predicted molar refractivity (Wildman–Crippen MR) is 155 cm³/mol. The number of rotatable bonds is 19. The molecule has 0 aromatic heterocycles. The van der Waals surface area contributed by atoms with Gasteiger partial charge < -0.3 is 0 Å². The normalized spacial score (nSPS) is 12.6. The first-order chi connectivity index (χ1) is 15.8. The van der Waals surface area contributed by atoms with Crippen molar-refractivity contribution in [1.82, 2.24) is 0 Å². The topological polar surface area (TPSA) is 0 Å². The average molecular weight is 473 g/mol. The third kappa shape index (κ3) is 10.1. The first kappa shape index (κ1) is 27.5. The van der Waals surface area contributed by atoms with Crippen molar-refractivity contribution in [3.8, 4) is 0 Å². The summed E-state index contributed by atoms with van der Waals surface area (Å²) in [4.78, 5) is 0. The van der Waals surface area contributed by atoms with Crippen LogP contribution in [-0.2, 0) is 0 Å². The Balaban J connectivity index is 1.85. The summed E-state index contributed by atoms with van der Waals surface area (Å²) in [5.41, 5.74) is 0. The Bertz CT molecular complexity index is 628. The van der Waals surface area contributed by atoms with Gasteiger partial charge in [-0.15, -0.1) is 0 Å². The van der Waals surface area contributed by atoms with E-state index in [1.165, 1.54) is 102 Å². The van der Waals surface area contributed by atoms with E-state index < -0.39 is 6.95 Å². The van der Waals surface area contributed by atoms with Gasteiger partial charge in [-0.05, 0) is 0 Å². The van der Waals surface area contributed by atoms with Crippen LogP contribution in [0.25, 0.3) is 0 Å². The quantitative estimate of drug-likeness (QED) is 0.141. The van der Waals surface area contributed by atoms with E-state index in [-0.39, 0.29) is 0 Å². The molecular weight excluding hydrogens is 422 g/mol. The van der Waals surface area contributed by atoms with Crippen LogP contribution in [0.5, 0.6) is 0 Å². The van der Waals surface area contributed by atoms with Crippen LogP contribution in [0.2, 0.25) is 0 Å². The summed E-state index contributed by atoms with van der Waals surface area (Å²) >= 11 is 0. The molecule has 0 aliphatic carbocycles. The molecule has 0 N–H and O–H groups in total. The zero-order chi connectivity index (χ0) is 22.7. The Morgan fingerprint density at radius 3 is 1.34 bits per heavy atom. The molecule has 2 rings (SSSR count). The van der Waals surface area contributed by atoms with E-state index in [2.05, 4.69) is 74.5 Å². The van der Waals surface area contributed by atoms with Gasteiger partial charge >= 0.3 is 189 Å². The van der Waals surface area contributed by atoms with Crippen molar-refractivity contribution in [2.45, 2.75) is 104 Å². The Labute approximate surface area is 202 Å². The molecule has 0 saturated heterocycles. The molecule has 2 aromatic rings. The molecular formula is C30H50P2. The molecule has 0 aliphatic heterocycles. The van der Waals surface area contributed by atoms with E-state index in [9.17, 15) is 0 Å². The second kappa shape index (κ2) is 17.7. The summed E-state index contributed by atoms with van der Waals surface area (Å²) in [6.45, 7) is 2.99. The van der Waals surface area contributed by atoms with Gasteiger partial charge in [0.15, 0.2) is 0 Å². The van der Waals surface area contributed by atoms with Gasteiger partial charge in [0.2, 0.25) is 0 Å². The van der Waals surface area contributed by atoms with Gasteiger partial charge in [0.25, 0.3) is 0 Å².